The fraction of sp³-hybridized carbons (Fsp3) is 0.909. The van der Waals surface area contributed by atoms with Gasteiger partial charge in [0.15, 0.2) is 0 Å². The minimum atomic E-state index is -0.458. The molecule has 0 aliphatic carbocycles. The van der Waals surface area contributed by atoms with Gasteiger partial charge in [-0.2, -0.15) is 0 Å². The van der Waals surface area contributed by atoms with Crippen LogP contribution in [0, 0.1) is 0 Å². The van der Waals surface area contributed by atoms with Gasteiger partial charge in [0.25, 0.3) is 0 Å². The maximum atomic E-state index is 11.3. The van der Waals surface area contributed by atoms with Gasteiger partial charge in [-0.05, 0) is 34.7 Å². The van der Waals surface area contributed by atoms with Gasteiger partial charge in [-0.25, -0.2) is 4.79 Å². The van der Waals surface area contributed by atoms with E-state index >= 15 is 0 Å². The Hall–Kier alpha value is -0.810. The van der Waals surface area contributed by atoms with Crippen LogP contribution in [0.5, 0.6) is 0 Å². The average molecular weight is 232 g/mol. The molecule has 0 fully saturated rings. The van der Waals surface area contributed by atoms with Gasteiger partial charge in [-0.15, -0.1) is 0 Å². The Labute approximate surface area is 97.9 Å². The van der Waals surface area contributed by atoms with E-state index in [0.29, 0.717) is 13.2 Å². The summed E-state index contributed by atoms with van der Waals surface area (Å²) in [6, 6.07) is 0. The van der Waals surface area contributed by atoms with E-state index < -0.39 is 11.7 Å². The van der Waals surface area contributed by atoms with Crippen LogP contribution >= 0.6 is 0 Å². The molecule has 0 heterocycles. The van der Waals surface area contributed by atoms with Gasteiger partial charge >= 0.3 is 6.09 Å². The standard InChI is InChI=1S/C11H24N2O3/c1-9(15-7-6-12-5)8-13-10(14)16-11(2,3)4/h9,12H,6-8H2,1-5H3,(H,13,14). The molecule has 1 unspecified atom stereocenters. The van der Waals surface area contributed by atoms with Gasteiger partial charge < -0.3 is 20.1 Å². The molecule has 0 saturated heterocycles. The lowest BCUT2D eigenvalue weighted by Gasteiger charge is -2.21. The molecular formula is C11H24N2O3. The van der Waals surface area contributed by atoms with Crippen molar-refractivity contribution in [3.8, 4) is 0 Å². The van der Waals surface area contributed by atoms with Crippen LogP contribution in [0.3, 0.4) is 0 Å². The highest BCUT2D eigenvalue weighted by atomic mass is 16.6. The number of alkyl carbamates (subject to hydrolysis) is 1. The van der Waals surface area contributed by atoms with Crippen molar-refractivity contribution in [3.63, 3.8) is 0 Å². The van der Waals surface area contributed by atoms with Crippen LogP contribution in [0.15, 0.2) is 0 Å². The van der Waals surface area contributed by atoms with Crippen molar-refractivity contribution in [1.29, 1.82) is 0 Å². The first-order valence-corrected chi connectivity index (χ1v) is 5.58. The van der Waals surface area contributed by atoms with Crippen molar-refractivity contribution in [2.45, 2.75) is 39.4 Å². The summed E-state index contributed by atoms with van der Waals surface area (Å²) in [6.45, 7) is 9.30. The van der Waals surface area contributed by atoms with E-state index in [1.54, 1.807) is 0 Å². The van der Waals surface area contributed by atoms with Crippen LogP contribution in [0.1, 0.15) is 27.7 Å². The SMILES string of the molecule is CNCCOC(C)CNC(=O)OC(C)(C)C. The molecule has 0 aromatic rings. The molecule has 0 bridgehead atoms. The van der Waals surface area contributed by atoms with E-state index in [-0.39, 0.29) is 6.10 Å². The molecule has 2 N–H and O–H groups in total. The molecule has 0 aliphatic rings. The molecule has 16 heavy (non-hydrogen) atoms. The first kappa shape index (κ1) is 15.2. The number of likely N-dealkylation sites (N-methyl/N-ethyl adjacent to an activating group) is 1. The maximum absolute atomic E-state index is 11.3. The first-order chi connectivity index (χ1) is 7.35. The zero-order chi connectivity index (χ0) is 12.6. The number of hydrogen-bond acceptors (Lipinski definition) is 4. The zero-order valence-electron chi connectivity index (χ0n) is 10.9. The topological polar surface area (TPSA) is 59.6 Å². The summed E-state index contributed by atoms with van der Waals surface area (Å²) in [5.41, 5.74) is -0.458. The van der Waals surface area contributed by atoms with Gasteiger partial charge in [0, 0.05) is 13.1 Å². The molecule has 1 amide bonds. The molecule has 5 nitrogen and oxygen atoms in total. The summed E-state index contributed by atoms with van der Waals surface area (Å²) in [7, 11) is 1.87. The predicted molar refractivity (Wildman–Crippen MR) is 63.6 cm³/mol. The van der Waals surface area contributed by atoms with E-state index in [0.717, 1.165) is 6.54 Å². The Morgan fingerprint density at radius 2 is 2.00 bits per heavy atom. The van der Waals surface area contributed by atoms with E-state index in [1.165, 1.54) is 0 Å². The van der Waals surface area contributed by atoms with Crippen molar-refractivity contribution in [2.24, 2.45) is 0 Å². The molecule has 0 aliphatic heterocycles. The number of carbonyl (C=O) groups is 1. The van der Waals surface area contributed by atoms with Gasteiger partial charge in [-0.3, -0.25) is 0 Å². The number of hydrogen-bond donors (Lipinski definition) is 2. The van der Waals surface area contributed by atoms with Crippen molar-refractivity contribution in [1.82, 2.24) is 10.6 Å². The van der Waals surface area contributed by atoms with E-state index in [9.17, 15) is 4.79 Å². The predicted octanol–water partition coefficient (Wildman–Crippen LogP) is 1.14. The molecule has 0 rings (SSSR count). The Balaban J connectivity index is 3.59. The van der Waals surface area contributed by atoms with E-state index in [1.807, 2.05) is 34.7 Å². The van der Waals surface area contributed by atoms with Crippen LogP contribution in [0.2, 0.25) is 0 Å². The lowest BCUT2D eigenvalue weighted by Crippen LogP contribution is -2.37. The highest BCUT2D eigenvalue weighted by molar-refractivity contribution is 5.67. The third-order valence-corrected chi connectivity index (χ3v) is 1.69. The van der Waals surface area contributed by atoms with Crippen LogP contribution in [0.4, 0.5) is 4.79 Å². The summed E-state index contributed by atoms with van der Waals surface area (Å²) in [4.78, 5) is 11.3. The van der Waals surface area contributed by atoms with Crippen molar-refractivity contribution < 1.29 is 14.3 Å². The highest BCUT2D eigenvalue weighted by Gasteiger charge is 2.16. The number of amides is 1. The van der Waals surface area contributed by atoms with Crippen molar-refractivity contribution >= 4 is 6.09 Å². The van der Waals surface area contributed by atoms with E-state index in [4.69, 9.17) is 9.47 Å². The third kappa shape index (κ3) is 9.73. The molecule has 5 heteroatoms. The Morgan fingerprint density at radius 1 is 1.38 bits per heavy atom. The molecule has 96 valence electrons. The van der Waals surface area contributed by atoms with Gasteiger partial charge in [0.05, 0.1) is 12.7 Å². The molecule has 0 aromatic heterocycles. The minimum absolute atomic E-state index is 0.0131. The molecule has 0 radical (unpaired) electrons. The monoisotopic (exact) mass is 232 g/mol. The van der Waals surface area contributed by atoms with Crippen molar-refractivity contribution in [2.75, 3.05) is 26.7 Å². The minimum Gasteiger partial charge on any atom is -0.444 e. The smallest absolute Gasteiger partial charge is 0.407 e. The first-order valence-electron chi connectivity index (χ1n) is 5.58. The Bertz CT molecular complexity index is 202. The van der Waals surface area contributed by atoms with Crippen LogP contribution in [0.25, 0.3) is 0 Å². The number of carbonyl (C=O) groups excluding carboxylic acids is 1. The fourth-order valence-corrected chi connectivity index (χ4v) is 0.962. The van der Waals surface area contributed by atoms with E-state index in [2.05, 4.69) is 10.6 Å². The second-order valence-corrected chi connectivity index (χ2v) is 4.67. The summed E-state index contributed by atoms with van der Waals surface area (Å²) in [6.07, 6.45) is -0.419. The lowest BCUT2D eigenvalue weighted by molar-refractivity contribution is 0.0405. The summed E-state index contributed by atoms with van der Waals surface area (Å²) in [5, 5.41) is 5.64. The molecule has 0 aromatic carbocycles. The van der Waals surface area contributed by atoms with Gasteiger partial charge in [-0.1, -0.05) is 0 Å². The fourth-order valence-electron chi connectivity index (χ4n) is 0.962. The normalized spacial score (nSPS) is 13.3. The van der Waals surface area contributed by atoms with Crippen molar-refractivity contribution in [3.05, 3.63) is 0 Å². The van der Waals surface area contributed by atoms with Gasteiger partial charge in [0.1, 0.15) is 5.60 Å². The maximum Gasteiger partial charge on any atom is 0.407 e. The third-order valence-electron chi connectivity index (χ3n) is 1.69. The quantitative estimate of drug-likeness (QED) is 0.674. The van der Waals surface area contributed by atoms with Crippen LogP contribution in [-0.2, 0) is 9.47 Å². The van der Waals surface area contributed by atoms with Crippen LogP contribution < -0.4 is 10.6 Å². The molecule has 0 spiro atoms. The average Bonchev–Trinajstić information content (AvgIpc) is 2.12. The number of nitrogens with one attached hydrogen (secondary N) is 2. The molecule has 1 atom stereocenters. The Kier molecular flexibility index (Phi) is 7.08. The summed E-state index contributed by atoms with van der Waals surface area (Å²) < 4.78 is 10.5. The largest absolute Gasteiger partial charge is 0.444 e. The van der Waals surface area contributed by atoms with Crippen LogP contribution in [-0.4, -0.2) is 44.5 Å². The highest BCUT2D eigenvalue weighted by Crippen LogP contribution is 2.06. The zero-order valence-corrected chi connectivity index (χ0v) is 10.9. The number of rotatable bonds is 6. The summed E-state index contributed by atoms with van der Waals surface area (Å²) in [5.74, 6) is 0. The molecular weight excluding hydrogens is 208 g/mol. The second-order valence-electron chi connectivity index (χ2n) is 4.67. The number of ether oxygens (including phenoxy) is 2. The summed E-state index contributed by atoms with van der Waals surface area (Å²) >= 11 is 0. The lowest BCUT2D eigenvalue weighted by atomic mass is 10.2. The second kappa shape index (κ2) is 7.46. The van der Waals surface area contributed by atoms with Gasteiger partial charge in [0.2, 0.25) is 0 Å². The Morgan fingerprint density at radius 3 is 2.50 bits per heavy atom. The molecule has 0 saturated carbocycles.